The molecule has 1 saturated carbocycles. The van der Waals surface area contributed by atoms with Gasteiger partial charge < -0.3 is 10.1 Å². The van der Waals surface area contributed by atoms with Crippen LogP contribution in [-0.4, -0.2) is 36.7 Å². The molecule has 0 aromatic heterocycles. The Hall–Kier alpha value is -1.36. The number of hydrogen-bond donors (Lipinski definition) is 1. The molecule has 2 aliphatic rings. The Bertz CT molecular complexity index is 437. The lowest BCUT2D eigenvalue weighted by molar-refractivity contribution is -0.0498. The van der Waals surface area contributed by atoms with Crippen LogP contribution in [0.5, 0.6) is 5.75 Å². The zero-order valence-corrected chi connectivity index (χ0v) is 10.7. The van der Waals surface area contributed by atoms with Gasteiger partial charge in [0.15, 0.2) is 0 Å². The minimum Gasteiger partial charge on any atom is -0.435 e. The first-order valence-corrected chi connectivity index (χ1v) is 6.76. The van der Waals surface area contributed by atoms with E-state index in [1.165, 1.54) is 12.8 Å². The molecule has 1 aromatic rings. The number of anilines is 1. The third-order valence-corrected chi connectivity index (χ3v) is 3.71. The van der Waals surface area contributed by atoms with Crippen LogP contribution < -0.4 is 10.1 Å². The SMILES string of the molecule is FC(F)Oc1cccc(NC2CCN(C3CC3)C2)c1. The van der Waals surface area contributed by atoms with Crippen LogP contribution in [0.4, 0.5) is 14.5 Å². The average Bonchev–Trinajstić information content (AvgIpc) is 3.10. The van der Waals surface area contributed by atoms with Crippen LogP contribution in [-0.2, 0) is 0 Å². The Labute approximate surface area is 111 Å². The summed E-state index contributed by atoms with van der Waals surface area (Å²) in [6.07, 6.45) is 3.76. The summed E-state index contributed by atoms with van der Waals surface area (Å²) in [5.74, 6) is 0.206. The first kappa shape index (κ1) is 12.7. The van der Waals surface area contributed by atoms with Crippen molar-refractivity contribution < 1.29 is 13.5 Å². The van der Waals surface area contributed by atoms with E-state index in [-0.39, 0.29) is 5.75 Å². The number of ether oxygens (including phenoxy) is 1. The summed E-state index contributed by atoms with van der Waals surface area (Å²) in [4.78, 5) is 2.51. The summed E-state index contributed by atoms with van der Waals surface area (Å²) in [5.41, 5.74) is 0.848. The molecule has 1 N–H and O–H groups in total. The second-order valence-electron chi connectivity index (χ2n) is 5.26. The Morgan fingerprint density at radius 2 is 2.11 bits per heavy atom. The van der Waals surface area contributed by atoms with Crippen LogP contribution in [0.2, 0.25) is 0 Å². The first-order valence-electron chi connectivity index (χ1n) is 6.76. The van der Waals surface area contributed by atoms with Gasteiger partial charge in [0.25, 0.3) is 0 Å². The second kappa shape index (κ2) is 5.33. The molecule has 0 radical (unpaired) electrons. The van der Waals surface area contributed by atoms with Crippen LogP contribution in [0.1, 0.15) is 19.3 Å². The predicted octanol–water partition coefficient (Wildman–Crippen LogP) is 2.94. The monoisotopic (exact) mass is 268 g/mol. The van der Waals surface area contributed by atoms with Crippen molar-refractivity contribution in [3.8, 4) is 5.75 Å². The quantitative estimate of drug-likeness (QED) is 0.888. The van der Waals surface area contributed by atoms with E-state index in [0.29, 0.717) is 6.04 Å². The first-order chi connectivity index (χ1) is 9.20. The van der Waals surface area contributed by atoms with Crippen molar-refractivity contribution in [2.24, 2.45) is 0 Å². The molecule has 3 rings (SSSR count). The van der Waals surface area contributed by atoms with Gasteiger partial charge in [0.2, 0.25) is 0 Å². The van der Waals surface area contributed by atoms with Crippen molar-refractivity contribution >= 4 is 5.69 Å². The van der Waals surface area contributed by atoms with Gasteiger partial charge in [-0.25, -0.2) is 0 Å². The maximum absolute atomic E-state index is 12.2. The highest BCUT2D eigenvalue weighted by Crippen LogP contribution is 2.31. The van der Waals surface area contributed by atoms with Crippen molar-refractivity contribution in [2.75, 3.05) is 18.4 Å². The van der Waals surface area contributed by atoms with Gasteiger partial charge in [-0.3, -0.25) is 4.90 Å². The fourth-order valence-corrected chi connectivity index (χ4v) is 2.67. The van der Waals surface area contributed by atoms with Crippen LogP contribution in [0.25, 0.3) is 0 Å². The molecule has 0 amide bonds. The van der Waals surface area contributed by atoms with Gasteiger partial charge in [0, 0.05) is 36.9 Å². The molecule has 1 aliphatic heterocycles. The maximum atomic E-state index is 12.2. The minimum atomic E-state index is -2.77. The summed E-state index contributed by atoms with van der Waals surface area (Å²) in [6, 6.07) is 7.99. The molecule has 1 unspecified atom stereocenters. The highest BCUT2D eigenvalue weighted by molar-refractivity contribution is 5.49. The fraction of sp³-hybridized carbons (Fsp3) is 0.571. The smallest absolute Gasteiger partial charge is 0.387 e. The Kier molecular flexibility index (Phi) is 3.55. The lowest BCUT2D eigenvalue weighted by Crippen LogP contribution is -2.27. The fourth-order valence-electron chi connectivity index (χ4n) is 2.67. The molecule has 1 aliphatic carbocycles. The number of halogens is 2. The standard InChI is InChI=1S/C14H18F2N2O/c15-14(16)19-13-3-1-2-10(8-13)17-11-6-7-18(9-11)12-4-5-12/h1-3,8,11-12,14,17H,4-7,9H2. The van der Waals surface area contributed by atoms with E-state index in [4.69, 9.17) is 0 Å². The zero-order chi connectivity index (χ0) is 13.2. The number of hydrogen-bond acceptors (Lipinski definition) is 3. The van der Waals surface area contributed by atoms with E-state index in [1.807, 2.05) is 6.07 Å². The predicted molar refractivity (Wildman–Crippen MR) is 69.7 cm³/mol. The minimum absolute atomic E-state index is 0.206. The molecule has 0 bridgehead atoms. The number of nitrogens with one attached hydrogen (secondary N) is 1. The summed E-state index contributed by atoms with van der Waals surface area (Å²) >= 11 is 0. The van der Waals surface area contributed by atoms with Crippen molar-refractivity contribution in [3.63, 3.8) is 0 Å². The molecule has 1 saturated heterocycles. The highest BCUT2D eigenvalue weighted by Gasteiger charge is 2.34. The zero-order valence-electron chi connectivity index (χ0n) is 10.7. The molecule has 3 nitrogen and oxygen atoms in total. The van der Waals surface area contributed by atoms with Crippen molar-refractivity contribution in [2.45, 2.75) is 38.0 Å². The van der Waals surface area contributed by atoms with Crippen molar-refractivity contribution in [1.82, 2.24) is 4.90 Å². The molecule has 2 fully saturated rings. The van der Waals surface area contributed by atoms with E-state index in [1.54, 1.807) is 18.2 Å². The third kappa shape index (κ3) is 3.35. The number of rotatable bonds is 5. The molecule has 19 heavy (non-hydrogen) atoms. The number of nitrogens with zero attached hydrogens (tertiary/aromatic N) is 1. The van der Waals surface area contributed by atoms with E-state index in [9.17, 15) is 8.78 Å². The summed E-state index contributed by atoms with van der Waals surface area (Å²) in [7, 11) is 0. The van der Waals surface area contributed by atoms with Crippen molar-refractivity contribution in [3.05, 3.63) is 24.3 Å². The van der Waals surface area contributed by atoms with E-state index in [2.05, 4.69) is 15.0 Å². The molecule has 1 heterocycles. The molecule has 5 heteroatoms. The normalized spacial score (nSPS) is 23.8. The lowest BCUT2D eigenvalue weighted by Gasteiger charge is -2.17. The van der Waals surface area contributed by atoms with Gasteiger partial charge in [0.1, 0.15) is 5.75 Å². The third-order valence-electron chi connectivity index (χ3n) is 3.71. The van der Waals surface area contributed by atoms with Gasteiger partial charge in [-0.15, -0.1) is 0 Å². The maximum Gasteiger partial charge on any atom is 0.387 e. The van der Waals surface area contributed by atoms with Gasteiger partial charge >= 0.3 is 6.61 Å². The highest BCUT2D eigenvalue weighted by atomic mass is 19.3. The molecule has 1 aromatic carbocycles. The molecule has 1 atom stereocenters. The Balaban J connectivity index is 1.57. The Morgan fingerprint density at radius 3 is 2.84 bits per heavy atom. The van der Waals surface area contributed by atoms with Gasteiger partial charge in [-0.1, -0.05) is 6.07 Å². The van der Waals surface area contributed by atoms with Crippen LogP contribution in [0.15, 0.2) is 24.3 Å². The lowest BCUT2D eigenvalue weighted by atomic mass is 10.2. The summed E-state index contributed by atoms with van der Waals surface area (Å²) in [5, 5.41) is 3.40. The van der Waals surface area contributed by atoms with Crippen molar-refractivity contribution in [1.29, 1.82) is 0 Å². The largest absolute Gasteiger partial charge is 0.435 e. The van der Waals surface area contributed by atoms with E-state index >= 15 is 0 Å². The van der Waals surface area contributed by atoms with Gasteiger partial charge in [-0.2, -0.15) is 8.78 Å². The number of likely N-dealkylation sites (tertiary alicyclic amines) is 1. The van der Waals surface area contributed by atoms with E-state index < -0.39 is 6.61 Å². The number of benzene rings is 1. The molecule has 0 spiro atoms. The van der Waals surface area contributed by atoms with Gasteiger partial charge in [0.05, 0.1) is 0 Å². The van der Waals surface area contributed by atoms with E-state index in [0.717, 1.165) is 31.2 Å². The second-order valence-corrected chi connectivity index (χ2v) is 5.26. The van der Waals surface area contributed by atoms with Crippen LogP contribution in [0, 0.1) is 0 Å². The molecular formula is C14H18F2N2O. The average molecular weight is 268 g/mol. The van der Waals surface area contributed by atoms with Crippen LogP contribution in [0.3, 0.4) is 0 Å². The topological polar surface area (TPSA) is 24.5 Å². The van der Waals surface area contributed by atoms with Crippen LogP contribution >= 0.6 is 0 Å². The molecule has 104 valence electrons. The summed E-state index contributed by atoms with van der Waals surface area (Å²) < 4.78 is 28.7. The summed E-state index contributed by atoms with van der Waals surface area (Å²) in [6.45, 7) is -0.591. The Morgan fingerprint density at radius 1 is 1.26 bits per heavy atom. The van der Waals surface area contributed by atoms with Gasteiger partial charge in [-0.05, 0) is 31.4 Å². The molecular weight excluding hydrogens is 250 g/mol. The number of alkyl halides is 2.